The lowest BCUT2D eigenvalue weighted by Crippen LogP contribution is -2.42. The number of para-hydroxylation sites is 1. The number of hydrogen-bond donors (Lipinski definition) is 1. The maximum Gasteiger partial charge on any atom is 0.124 e. The number of ether oxygens (including phenoxy) is 1. The molecule has 2 N–H and O–H groups in total. The lowest BCUT2D eigenvalue weighted by atomic mass is 9.87. The van der Waals surface area contributed by atoms with Crippen LogP contribution in [0.1, 0.15) is 32.4 Å². The molecule has 0 bridgehead atoms. The van der Waals surface area contributed by atoms with E-state index < -0.39 is 0 Å². The third kappa shape index (κ3) is 3.10. The first-order valence-electron chi connectivity index (χ1n) is 7.06. The van der Waals surface area contributed by atoms with Gasteiger partial charge in [0, 0.05) is 24.1 Å². The van der Waals surface area contributed by atoms with Gasteiger partial charge in [-0.1, -0.05) is 39.0 Å². The molecule has 1 heterocycles. The molecule has 1 aromatic carbocycles. The van der Waals surface area contributed by atoms with Crippen molar-refractivity contribution in [3.63, 3.8) is 0 Å². The van der Waals surface area contributed by atoms with Crippen LogP contribution in [0.15, 0.2) is 24.3 Å². The van der Waals surface area contributed by atoms with Crippen LogP contribution in [0.4, 0.5) is 0 Å². The molecule has 1 aliphatic rings. The summed E-state index contributed by atoms with van der Waals surface area (Å²) in [6, 6.07) is 8.79. The Bertz CT molecular complexity index is 431. The number of fused-ring (bicyclic) bond motifs is 1. The predicted octanol–water partition coefficient (Wildman–Crippen LogP) is 2.67. The van der Waals surface area contributed by atoms with Crippen LogP contribution in [-0.2, 0) is 0 Å². The van der Waals surface area contributed by atoms with Crippen LogP contribution in [0, 0.1) is 11.3 Å². The Kier molecular flexibility index (Phi) is 4.16. The summed E-state index contributed by atoms with van der Waals surface area (Å²) >= 11 is 0. The summed E-state index contributed by atoms with van der Waals surface area (Å²) in [4.78, 5) is 2.43. The molecular formula is C16H26N2O. The molecule has 2 atom stereocenters. The third-order valence-corrected chi connectivity index (χ3v) is 3.98. The Labute approximate surface area is 116 Å². The van der Waals surface area contributed by atoms with Crippen LogP contribution in [0.3, 0.4) is 0 Å². The Hall–Kier alpha value is -1.06. The first-order chi connectivity index (χ1) is 8.94. The van der Waals surface area contributed by atoms with Crippen LogP contribution < -0.4 is 10.5 Å². The van der Waals surface area contributed by atoms with E-state index in [1.807, 2.05) is 6.07 Å². The van der Waals surface area contributed by atoms with Gasteiger partial charge in [0.1, 0.15) is 5.75 Å². The molecule has 0 saturated heterocycles. The second kappa shape index (κ2) is 5.51. The first-order valence-corrected chi connectivity index (χ1v) is 7.06. The first kappa shape index (κ1) is 14.4. The Morgan fingerprint density at radius 3 is 2.74 bits per heavy atom. The number of benzene rings is 1. The van der Waals surface area contributed by atoms with Crippen molar-refractivity contribution in [1.82, 2.24) is 4.90 Å². The van der Waals surface area contributed by atoms with Gasteiger partial charge in [0.05, 0.1) is 6.61 Å². The minimum atomic E-state index is 0.141. The second-order valence-electron chi connectivity index (χ2n) is 6.55. The van der Waals surface area contributed by atoms with Crippen LogP contribution in [0.2, 0.25) is 0 Å². The number of rotatable bonds is 4. The van der Waals surface area contributed by atoms with Crippen LogP contribution >= 0.6 is 0 Å². The topological polar surface area (TPSA) is 38.5 Å². The normalized spacial score (nSPS) is 23.1. The highest BCUT2D eigenvalue weighted by Gasteiger charge is 2.32. The molecule has 3 nitrogen and oxygen atoms in total. The molecule has 1 aliphatic heterocycles. The summed E-state index contributed by atoms with van der Waals surface area (Å²) in [6.45, 7) is 9.18. The van der Waals surface area contributed by atoms with Gasteiger partial charge < -0.3 is 10.5 Å². The molecule has 0 aliphatic carbocycles. The highest BCUT2D eigenvalue weighted by atomic mass is 16.5. The molecule has 2 unspecified atom stereocenters. The van der Waals surface area contributed by atoms with Crippen molar-refractivity contribution >= 4 is 0 Å². The fraction of sp³-hybridized carbons (Fsp3) is 0.625. The zero-order valence-electron chi connectivity index (χ0n) is 12.5. The van der Waals surface area contributed by atoms with Crippen molar-refractivity contribution < 1.29 is 4.74 Å². The van der Waals surface area contributed by atoms with Crippen molar-refractivity contribution in [2.24, 2.45) is 17.1 Å². The van der Waals surface area contributed by atoms with E-state index in [0.717, 1.165) is 18.9 Å². The zero-order chi connectivity index (χ0) is 14.0. The average molecular weight is 262 g/mol. The standard InChI is InChI=1S/C16H26N2O/c1-12-9-19-14-8-6-5-7-13(14)15(12)18(4)11-16(2,3)10-17/h5-8,12,15H,9-11,17H2,1-4H3. The van der Waals surface area contributed by atoms with Gasteiger partial charge >= 0.3 is 0 Å². The minimum absolute atomic E-state index is 0.141. The van der Waals surface area contributed by atoms with Gasteiger partial charge in [-0.2, -0.15) is 0 Å². The lowest BCUT2D eigenvalue weighted by Gasteiger charge is -2.40. The van der Waals surface area contributed by atoms with E-state index in [9.17, 15) is 0 Å². The number of nitrogens with two attached hydrogens (primary N) is 1. The van der Waals surface area contributed by atoms with Crippen LogP contribution in [-0.4, -0.2) is 31.6 Å². The summed E-state index contributed by atoms with van der Waals surface area (Å²) in [5.74, 6) is 1.52. The summed E-state index contributed by atoms with van der Waals surface area (Å²) in [5, 5.41) is 0. The lowest BCUT2D eigenvalue weighted by molar-refractivity contribution is 0.0823. The van der Waals surface area contributed by atoms with Gasteiger partial charge in [0.15, 0.2) is 0 Å². The molecule has 3 heteroatoms. The zero-order valence-corrected chi connectivity index (χ0v) is 12.5. The SMILES string of the molecule is CC1COc2ccccc2C1N(C)CC(C)(C)CN. The van der Waals surface area contributed by atoms with Crippen LogP contribution in [0.25, 0.3) is 0 Å². The van der Waals surface area contributed by atoms with Gasteiger partial charge in [0.25, 0.3) is 0 Å². The average Bonchev–Trinajstić information content (AvgIpc) is 2.38. The highest BCUT2D eigenvalue weighted by molar-refractivity contribution is 5.38. The molecule has 0 spiro atoms. The summed E-state index contributed by atoms with van der Waals surface area (Å²) in [5.41, 5.74) is 7.31. The van der Waals surface area contributed by atoms with E-state index in [2.05, 4.69) is 50.9 Å². The molecule has 0 radical (unpaired) electrons. The van der Waals surface area contributed by atoms with Crippen molar-refractivity contribution in [2.75, 3.05) is 26.7 Å². The van der Waals surface area contributed by atoms with E-state index in [4.69, 9.17) is 10.5 Å². The third-order valence-electron chi connectivity index (χ3n) is 3.98. The molecule has 1 aromatic rings. The smallest absolute Gasteiger partial charge is 0.124 e. The maximum absolute atomic E-state index is 5.86. The molecular weight excluding hydrogens is 236 g/mol. The minimum Gasteiger partial charge on any atom is -0.493 e. The Morgan fingerprint density at radius 1 is 1.37 bits per heavy atom. The highest BCUT2D eigenvalue weighted by Crippen LogP contribution is 2.39. The van der Waals surface area contributed by atoms with Crippen molar-refractivity contribution in [3.05, 3.63) is 29.8 Å². The molecule has 19 heavy (non-hydrogen) atoms. The molecule has 2 rings (SSSR count). The van der Waals surface area contributed by atoms with Crippen molar-refractivity contribution in [2.45, 2.75) is 26.8 Å². The summed E-state index contributed by atoms with van der Waals surface area (Å²) in [7, 11) is 2.20. The molecule has 106 valence electrons. The molecule has 0 aromatic heterocycles. The molecule has 0 amide bonds. The van der Waals surface area contributed by atoms with Gasteiger partial charge in [0.2, 0.25) is 0 Å². The van der Waals surface area contributed by atoms with E-state index in [0.29, 0.717) is 18.5 Å². The van der Waals surface area contributed by atoms with Crippen molar-refractivity contribution in [3.8, 4) is 5.75 Å². The largest absolute Gasteiger partial charge is 0.493 e. The second-order valence-corrected chi connectivity index (χ2v) is 6.55. The van der Waals surface area contributed by atoms with Gasteiger partial charge in [-0.05, 0) is 25.1 Å². The number of hydrogen-bond acceptors (Lipinski definition) is 3. The fourth-order valence-corrected chi connectivity index (χ4v) is 2.99. The maximum atomic E-state index is 5.86. The fourth-order valence-electron chi connectivity index (χ4n) is 2.99. The molecule has 0 saturated carbocycles. The summed E-state index contributed by atoms with van der Waals surface area (Å²) < 4.78 is 5.82. The van der Waals surface area contributed by atoms with Gasteiger partial charge in [-0.3, -0.25) is 4.90 Å². The molecule has 0 fully saturated rings. The Balaban J connectivity index is 2.23. The van der Waals surface area contributed by atoms with Gasteiger partial charge in [-0.15, -0.1) is 0 Å². The Morgan fingerprint density at radius 2 is 2.05 bits per heavy atom. The van der Waals surface area contributed by atoms with E-state index in [1.54, 1.807) is 0 Å². The van der Waals surface area contributed by atoms with Crippen LogP contribution in [0.5, 0.6) is 5.75 Å². The number of nitrogens with zero attached hydrogens (tertiary/aromatic N) is 1. The van der Waals surface area contributed by atoms with E-state index in [1.165, 1.54) is 5.56 Å². The summed E-state index contributed by atoms with van der Waals surface area (Å²) in [6.07, 6.45) is 0. The van der Waals surface area contributed by atoms with E-state index in [-0.39, 0.29) is 5.41 Å². The quantitative estimate of drug-likeness (QED) is 0.906. The van der Waals surface area contributed by atoms with E-state index >= 15 is 0 Å². The van der Waals surface area contributed by atoms with Crippen molar-refractivity contribution in [1.29, 1.82) is 0 Å². The van der Waals surface area contributed by atoms with Gasteiger partial charge in [-0.25, -0.2) is 0 Å². The monoisotopic (exact) mass is 262 g/mol. The predicted molar refractivity (Wildman–Crippen MR) is 79.3 cm³/mol.